The van der Waals surface area contributed by atoms with Crippen LogP contribution >= 0.6 is 0 Å². The summed E-state index contributed by atoms with van der Waals surface area (Å²) in [5.41, 5.74) is 0.995. The topological polar surface area (TPSA) is 87.7 Å². The third-order valence-electron chi connectivity index (χ3n) is 3.29. The minimum Gasteiger partial charge on any atom is -0.508 e. The van der Waals surface area contributed by atoms with Crippen molar-refractivity contribution in [3.05, 3.63) is 54.1 Å². The average molecular weight is 314 g/mol. The van der Waals surface area contributed by atoms with E-state index in [1.807, 2.05) is 6.07 Å². The van der Waals surface area contributed by atoms with Crippen molar-refractivity contribution < 1.29 is 19.4 Å². The van der Waals surface area contributed by atoms with E-state index in [-0.39, 0.29) is 5.75 Å². The molecule has 2 aromatic rings. The number of para-hydroxylation sites is 1. The quantitative estimate of drug-likeness (QED) is 0.755. The maximum atomic E-state index is 12.0. The Labute approximate surface area is 134 Å². The number of amides is 2. The van der Waals surface area contributed by atoms with Gasteiger partial charge in [0.1, 0.15) is 11.5 Å². The average Bonchev–Trinajstić information content (AvgIpc) is 2.56. The Kier molecular flexibility index (Phi) is 5.19. The van der Waals surface area contributed by atoms with E-state index >= 15 is 0 Å². The maximum absolute atomic E-state index is 12.0. The number of aromatic hydroxyl groups is 1. The normalized spacial score (nSPS) is 11.4. The highest BCUT2D eigenvalue weighted by Crippen LogP contribution is 2.28. The van der Waals surface area contributed by atoms with Gasteiger partial charge in [-0.2, -0.15) is 0 Å². The predicted octanol–water partition coefficient (Wildman–Crippen LogP) is 2.22. The number of phenolic OH excluding ortho intramolecular Hbond substituents is 1. The SMILES string of the molecule is COc1ccc(O)c(C(C)NC(=O)C(=O)Nc2ccccc2)c1. The highest BCUT2D eigenvalue weighted by Gasteiger charge is 2.19. The molecule has 2 rings (SSSR count). The molecule has 0 heterocycles. The first-order valence-corrected chi connectivity index (χ1v) is 7.05. The molecule has 120 valence electrons. The zero-order valence-electron chi connectivity index (χ0n) is 12.9. The van der Waals surface area contributed by atoms with Crippen LogP contribution < -0.4 is 15.4 Å². The van der Waals surface area contributed by atoms with Crippen molar-refractivity contribution in [1.82, 2.24) is 5.32 Å². The zero-order chi connectivity index (χ0) is 16.8. The fraction of sp³-hybridized carbons (Fsp3) is 0.176. The number of nitrogens with one attached hydrogen (secondary N) is 2. The number of hydrogen-bond acceptors (Lipinski definition) is 4. The molecule has 0 bridgehead atoms. The molecular formula is C17H18N2O4. The summed E-state index contributed by atoms with van der Waals surface area (Å²) in [5, 5.41) is 14.9. The van der Waals surface area contributed by atoms with Crippen LogP contribution in [0.2, 0.25) is 0 Å². The van der Waals surface area contributed by atoms with Crippen LogP contribution in [0.1, 0.15) is 18.5 Å². The van der Waals surface area contributed by atoms with Gasteiger partial charge in [-0.1, -0.05) is 18.2 Å². The van der Waals surface area contributed by atoms with Crippen LogP contribution in [0.15, 0.2) is 48.5 Å². The Balaban J connectivity index is 2.03. The summed E-state index contributed by atoms with van der Waals surface area (Å²) in [6.45, 7) is 1.67. The molecule has 0 radical (unpaired) electrons. The van der Waals surface area contributed by atoms with Gasteiger partial charge in [0.05, 0.1) is 13.2 Å². The van der Waals surface area contributed by atoms with E-state index in [0.29, 0.717) is 17.0 Å². The standard InChI is InChI=1S/C17H18N2O4/c1-11(14-10-13(23-2)8-9-15(14)20)18-16(21)17(22)19-12-6-4-3-5-7-12/h3-11,20H,1-2H3,(H,18,21)(H,19,22). The van der Waals surface area contributed by atoms with Gasteiger partial charge in [0.15, 0.2) is 0 Å². The van der Waals surface area contributed by atoms with Gasteiger partial charge >= 0.3 is 11.8 Å². The lowest BCUT2D eigenvalue weighted by atomic mass is 10.1. The van der Waals surface area contributed by atoms with Crippen molar-refractivity contribution in [3.8, 4) is 11.5 Å². The molecule has 0 spiro atoms. The summed E-state index contributed by atoms with van der Waals surface area (Å²) in [4.78, 5) is 23.8. The molecule has 0 fully saturated rings. The van der Waals surface area contributed by atoms with Gasteiger partial charge < -0.3 is 20.5 Å². The molecule has 0 saturated heterocycles. The van der Waals surface area contributed by atoms with Crippen LogP contribution in [0.5, 0.6) is 11.5 Å². The van der Waals surface area contributed by atoms with E-state index in [1.54, 1.807) is 43.3 Å². The van der Waals surface area contributed by atoms with Crippen LogP contribution in [0.4, 0.5) is 5.69 Å². The van der Waals surface area contributed by atoms with E-state index in [9.17, 15) is 14.7 Å². The van der Waals surface area contributed by atoms with Crippen LogP contribution in [0.3, 0.4) is 0 Å². The number of hydrogen-bond donors (Lipinski definition) is 3. The van der Waals surface area contributed by atoms with Gasteiger partial charge in [-0.05, 0) is 37.3 Å². The molecule has 6 nitrogen and oxygen atoms in total. The van der Waals surface area contributed by atoms with Gasteiger partial charge in [0.2, 0.25) is 0 Å². The Bertz CT molecular complexity index is 701. The summed E-state index contributed by atoms with van der Waals surface area (Å²) in [6, 6.07) is 12.8. The summed E-state index contributed by atoms with van der Waals surface area (Å²) < 4.78 is 5.09. The van der Waals surface area contributed by atoms with Crippen LogP contribution in [-0.4, -0.2) is 24.0 Å². The van der Waals surface area contributed by atoms with Gasteiger partial charge in [-0.25, -0.2) is 0 Å². The fourth-order valence-electron chi connectivity index (χ4n) is 2.06. The molecule has 0 aliphatic rings. The Morgan fingerprint density at radius 2 is 1.78 bits per heavy atom. The molecule has 1 unspecified atom stereocenters. The number of benzene rings is 2. The Hall–Kier alpha value is -3.02. The first-order chi connectivity index (χ1) is 11.0. The van der Waals surface area contributed by atoms with Crippen molar-refractivity contribution in [1.29, 1.82) is 0 Å². The third-order valence-corrected chi connectivity index (χ3v) is 3.29. The van der Waals surface area contributed by atoms with Crippen molar-refractivity contribution in [2.24, 2.45) is 0 Å². The monoisotopic (exact) mass is 314 g/mol. The molecule has 2 aromatic carbocycles. The second-order valence-electron chi connectivity index (χ2n) is 4.94. The number of carbonyl (C=O) groups excluding carboxylic acids is 2. The summed E-state index contributed by atoms with van der Waals surface area (Å²) in [5.74, 6) is -0.997. The number of rotatable bonds is 4. The van der Waals surface area contributed by atoms with Crippen molar-refractivity contribution in [2.75, 3.05) is 12.4 Å². The second kappa shape index (κ2) is 7.31. The van der Waals surface area contributed by atoms with Crippen molar-refractivity contribution >= 4 is 17.5 Å². The molecule has 0 aliphatic heterocycles. The molecule has 0 aliphatic carbocycles. The minimum atomic E-state index is -0.788. The van der Waals surface area contributed by atoms with Gasteiger partial charge in [0.25, 0.3) is 0 Å². The lowest BCUT2D eigenvalue weighted by molar-refractivity contribution is -0.136. The van der Waals surface area contributed by atoms with Crippen molar-refractivity contribution in [2.45, 2.75) is 13.0 Å². The molecule has 6 heteroatoms. The lowest BCUT2D eigenvalue weighted by Crippen LogP contribution is -2.36. The number of ether oxygens (including phenoxy) is 1. The highest BCUT2D eigenvalue weighted by atomic mass is 16.5. The molecule has 23 heavy (non-hydrogen) atoms. The van der Waals surface area contributed by atoms with Crippen LogP contribution in [-0.2, 0) is 9.59 Å². The first-order valence-electron chi connectivity index (χ1n) is 7.05. The van der Waals surface area contributed by atoms with Gasteiger partial charge in [-0.3, -0.25) is 9.59 Å². The Morgan fingerprint density at radius 3 is 2.43 bits per heavy atom. The smallest absolute Gasteiger partial charge is 0.313 e. The molecular weight excluding hydrogens is 296 g/mol. The summed E-state index contributed by atoms with van der Waals surface area (Å²) >= 11 is 0. The summed E-state index contributed by atoms with van der Waals surface area (Å²) in [7, 11) is 1.51. The minimum absolute atomic E-state index is 0.0158. The molecule has 2 amide bonds. The third kappa shape index (κ3) is 4.23. The van der Waals surface area contributed by atoms with Crippen LogP contribution in [0.25, 0.3) is 0 Å². The molecule has 3 N–H and O–H groups in total. The van der Waals surface area contributed by atoms with E-state index in [1.165, 1.54) is 13.2 Å². The number of anilines is 1. The fourth-order valence-corrected chi connectivity index (χ4v) is 2.06. The predicted molar refractivity (Wildman–Crippen MR) is 86.3 cm³/mol. The molecule has 0 saturated carbocycles. The Morgan fingerprint density at radius 1 is 1.09 bits per heavy atom. The maximum Gasteiger partial charge on any atom is 0.313 e. The first kappa shape index (κ1) is 16.4. The van der Waals surface area contributed by atoms with Crippen LogP contribution in [0, 0.1) is 0 Å². The van der Waals surface area contributed by atoms with Crippen molar-refractivity contribution in [3.63, 3.8) is 0 Å². The largest absolute Gasteiger partial charge is 0.508 e. The molecule has 1 atom stereocenters. The van der Waals surface area contributed by atoms with E-state index in [2.05, 4.69) is 10.6 Å². The summed E-state index contributed by atoms with van der Waals surface area (Å²) in [6.07, 6.45) is 0. The highest BCUT2D eigenvalue weighted by molar-refractivity contribution is 6.39. The number of phenols is 1. The van der Waals surface area contributed by atoms with E-state index in [0.717, 1.165) is 0 Å². The number of carbonyl (C=O) groups is 2. The molecule has 0 aromatic heterocycles. The number of methoxy groups -OCH3 is 1. The zero-order valence-corrected chi connectivity index (χ0v) is 12.9. The van der Waals surface area contributed by atoms with E-state index in [4.69, 9.17) is 4.74 Å². The van der Waals surface area contributed by atoms with Gasteiger partial charge in [-0.15, -0.1) is 0 Å². The van der Waals surface area contributed by atoms with E-state index < -0.39 is 17.9 Å². The lowest BCUT2D eigenvalue weighted by Gasteiger charge is -2.16. The second-order valence-corrected chi connectivity index (χ2v) is 4.94. The van der Waals surface area contributed by atoms with Gasteiger partial charge in [0, 0.05) is 11.3 Å².